The maximum atomic E-state index is 13.5. The van der Waals surface area contributed by atoms with Gasteiger partial charge < -0.3 is 4.42 Å². The minimum Gasteiger partial charge on any atom is -0.453 e. The van der Waals surface area contributed by atoms with E-state index in [4.69, 9.17) is 9.68 Å². The van der Waals surface area contributed by atoms with Crippen molar-refractivity contribution in [2.45, 2.75) is 6.18 Å². The number of nitriles is 1. The molecule has 0 N–H and O–H groups in total. The Kier molecular flexibility index (Phi) is 3.32. The lowest BCUT2D eigenvalue weighted by Crippen LogP contribution is -2.11. The van der Waals surface area contributed by atoms with Crippen LogP contribution in [0.25, 0.3) is 11.3 Å². The second kappa shape index (κ2) is 4.81. The Morgan fingerprint density at radius 3 is 2.40 bits per heavy atom. The molecule has 0 amide bonds. The van der Waals surface area contributed by atoms with Gasteiger partial charge in [0.2, 0.25) is 0 Å². The fourth-order valence-electron chi connectivity index (χ4n) is 1.75. The minimum absolute atomic E-state index is 0.221. The number of carbonyl (C=O) groups excluding carboxylic acids is 1. The van der Waals surface area contributed by atoms with E-state index in [9.17, 15) is 22.4 Å². The van der Waals surface area contributed by atoms with Crippen molar-refractivity contribution in [2.24, 2.45) is 0 Å². The van der Waals surface area contributed by atoms with Crippen LogP contribution in [0.2, 0.25) is 0 Å². The van der Waals surface area contributed by atoms with Crippen LogP contribution in [0, 0.1) is 17.1 Å². The molecule has 7 heteroatoms. The van der Waals surface area contributed by atoms with Crippen LogP contribution < -0.4 is 0 Å². The number of hydrogen-bond donors (Lipinski definition) is 0. The van der Waals surface area contributed by atoms with Gasteiger partial charge in [-0.1, -0.05) is 0 Å². The molecular weight excluding hydrogens is 278 g/mol. The lowest BCUT2D eigenvalue weighted by Gasteiger charge is -2.13. The molecule has 0 saturated heterocycles. The zero-order valence-corrected chi connectivity index (χ0v) is 9.66. The summed E-state index contributed by atoms with van der Waals surface area (Å²) in [6, 6.07) is 5.24. The standard InChI is InChI=1S/C13H5F4NO2/c14-9-3-1-7(5-18)11(12(9)13(15,16)17)10-4-2-8(6-19)20-10/h1-4,6H. The maximum Gasteiger partial charge on any atom is 0.419 e. The fourth-order valence-corrected chi connectivity index (χ4v) is 1.75. The van der Waals surface area contributed by atoms with Crippen LogP contribution in [0.5, 0.6) is 0 Å². The summed E-state index contributed by atoms with van der Waals surface area (Å²) in [5.74, 6) is -2.13. The van der Waals surface area contributed by atoms with Gasteiger partial charge in [0, 0.05) is 0 Å². The normalized spacial score (nSPS) is 11.2. The number of halogens is 4. The molecule has 0 atom stereocenters. The number of rotatable bonds is 2. The molecule has 20 heavy (non-hydrogen) atoms. The lowest BCUT2D eigenvalue weighted by molar-refractivity contribution is -0.139. The smallest absolute Gasteiger partial charge is 0.419 e. The van der Waals surface area contributed by atoms with Crippen molar-refractivity contribution in [2.75, 3.05) is 0 Å². The minimum atomic E-state index is -5.00. The highest BCUT2D eigenvalue weighted by molar-refractivity contribution is 5.76. The maximum absolute atomic E-state index is 13.5. The van der Waals surface area contributed by atoms with Gasteiger partial charge in [0.05, 0.1) is 17.2 Å². The fraction of sp³-hybridized carbons (Fsp3) is 0.0769. The molecule has 2 aromatic rings. The summed E-state index contributed by atoms with van der Waals surface area (Å²) in [6.07, 6.45) is -4.71. The van der Waals surface area contributed by atoms with E-state index >= 15 is 0 Å². The van der Waals surface area contributed by atoms with Crippen LogP contribution in [0.4, 0.5) is 17.6 Å². The van der Waals surface area contributed by atoms with E-state index in [1.165, 1.54) is 0 Å². The summed E-state index contributed by atoms with van der Waals surface area (Å²) in [6.45, 7) is 0. The van der Waals surface area contributed by atoms with Gasteiger partial charge in [-0.05, 0) is 24.3 Å². The summed E-state index contributed by atoms with van der Waals surface area (Å²) >= 11 is 0. The van der Waals surface area contributed by atoms with Crippen molar-refractivity contribution in [1.29, 1.82) is 5.26 Å². The molecule has 1 heterocycles. The van der Waals surface area contributed by atoms with E-state index in [0.717, 1.165) is 18.2 Å². The first-order valence-corrected chi connectivity index (χ1v) is 5.23. The van der Waals surface area contributed by atoms with Crippen molar-refractivity contribution in [3.05, 3.63) is 47.0 Å². The van der Waals surface area contributed by atoms with E-state index in [0.29, 0.717) is 12.4 Å². The Hall–Kier alpha value is -2.62. The predicted molar refractivity (Wildman–Crippen MR) is 59.2 cm³/mol. The van der Waals surface area contributed by atoms with Gasteiger partial charge in [0.25, 0.3) is 0 Å². The van der Waals surface area contributed by atoms with Crippen LogP contribution in [0.1, 0.15) is 21.7 Å². The van der Waals surface area contributed by atoms with Crippen LogP contribution in [-0.2, 0) is 6.18 Å². The predicted octanol–water partition coefficient (Wildman–Crippen LogP) is 3.79. The molecule has 2 rings (SSSR count). The summed E-state index contributed by atoms with van der Waals surface area (Å²) in [4.78, 5) is 10.5. The zero-order chi connectivity index (χ0) is 14.9. The molecule has 1 aromatic carbocycles. The first kappa shape index (κ1) is 13.8. The molecular formula is C13H5F4NO2. The number of alkyl halides is 3. The van der Waals surface area contributed by atoms with Crippen molar-refractivity contribution in [3.8, 4) is 17.4 Å². The van der Waals surface area contributed by atoms with Gasteiger partial charge in [0.1, 0.15) is 17.1 Å². The first-order chi connectivity index (χ1) is 9.38. The molecule has 0 saturated carbocycles. The third kappa shape index (κ3) is 2.28. The molecule has 0 spiro atoms. The van der Waals surface area contributed by atoms with Crippen molar-refractivity contribution < 1.29 is 26.8 Å². The van der Waals surface area contributed by atoms with E-state index in [2.05, 4.69) is 0 Å². The van der Waals surface area contributed by atoms with Crippen LogP contribution in [0.3, 0.4) is 0 Å². The first-order valence-electron chi connectivity index (χ1n) is 5.23. The monoisotopic (exact) mass is 283 g/mol. The zero-order valence-electron chi connectivity index (χ0n) is 9.66. The highest BCUT2D eigenvalue weighted by Gasteiger charge is 2.39. The molecule has 0 bridgehead atoms. The summed E-state index contributed by atoms with van der Waals surface area (Å²) in [7, 11) is 0. The van der Waals surface area contributed by atoms with Crippen LogP contribution >= 0.6 is 0 Å². The summed E-state index contributed by atoms with van der Waals surface area (Å²) < 4.78 is 57.2. The van der Waals surface area contributed by atoms with Crippen molar-refractivity contribution in [3.63, 3.8) is 0 Å². The van der Waals surface area contributed by atoms with E-state index < -0.39 is 34.4 Å². The van der Waals surface area contributed by atoms with Crippen LogP contribution in [-0.4, -0.2) is 6.29 Å². The second-order valence-electron chi connectivity index (χ2n) is 3.77. The molecule has 3 nitrogen and oxygen atoms in total. The SMILES string of the molecule is N#Cc1ccc(F)c(C(F)(F)F)c1-c1ccc(C=O)o1. The van der Waals surface area contributed by atoms with Gasteiger partial charge >= 0.3 is 6.18 Å². The molecule has 0 unspecified atom stereocenters. The Morgan fingerprint density at radius 1 is 1.20 bits per heavy atom. The Labute approximate surface area is 110 Å². The Bertz CT molecular complexity index is 710. The van der Waals surface area contributed by atoms with E-state index in [-0.39, 0.29) is 5.76 Å². The van der Waals surface area contributed by atoms with Gasteiger partial charge in [-0.15, -0.1) is 0 Å². The number of benzene rings is 1. The molecule has 0 fully saturated rings. The average Bonchev–Trinajstić information content (AvgIpc) is 2.85. The summed E-state index contributed by atoms with van der Waals surface area (Å²) in [5.41, 5.74) is -2.71. The van der Waals surface area contributed by atoms with Gasteiger partial charge in [0.15, 0.2) is 12.0 Å². The molecule has 0 aliphatic heterocycles. The number of carbonyl (C=O) groups is 1. The lowest BCUT2D eigenvalue weighted by atomic mass is 9.98. The third-order valence-corrected chi connectivity index (χ3v) is 2.55. The highest BCUT2D eigenvalue weighted by atomic mass is 19.4. The molecule has 1 aromatic heterocycles. The summed E-state index contributed by atoms with van der Waals surface area (Å²) in [5, 5.41) is 8.87. The van der Waals surface area contributed by atoms with Crippen molar-refractivity contribution >= 4 is 6.29 Å². The van der Waals surface area contributed by atoms with Gasteiger partial charge in [-0.2, -0.15) is 18.4 Å². The number of nitrogens with zero attached hydrogens (tertiary/aromatic N) is 1. The quantitative estimate of drug-likeness (QED) is 0.622. The van der Waals surface area contributed by atoms with Crippen molar-refractivity contribution in [1.82, 2.24) is 0 Å². The average molecular weight is 283 g/mol. The Balaban J connectivity index is 2.81. The second-order valence-corrected chi connectivity index (χ2v) is 3.77. The number of furan rings is 1. The topological polar surface area (TPSA) is 54.0 Å². The Morgan fingerprint density at radius 2 is 1.90 bits per heavy atom. The molecule has 0 aliphatic carbocycles. The van der Waals surface area contributed by atoms with Crippen LogP contribution in [0.15, 0.2) is 28.7 Å². The molecule has 102 valence electrons. The highest BCUT2D eigenvalue weighted by Crippen LogP contribution is 2.41. The van der Waals surface area contributed by atoms with E-state index in [1.807, 2.05) is 0 Å². The number of hydrogen-bond acceptors (Lipinski definition) is 3. The van der Waals surface area contributed by atoms with E-state index in [1.54, 1.807) is 6.07 Å². The van der Waals surface area contributed by atoms with Gasteiger partial charge in [-0.25, -0.2) is 4.39 Å². The third-order valence-electron chi connectivity index (χ3n) is 2.55. The molecule has 0 aliphatic rings. The largest absolute Gasteiger partial charge is 0.453 e. The van der Waals surface area contributed by atoms with Gasteiger partial charge in [-0.3, -0.25) is 4.79 Å². The number of aldehydes is 1. The molecule has 0 radical (unpaired) electrons.